The lowest BCUT2D eigenvalue weighted by atomic mass is 10.2. The average molecular weight is 258 g/mol. The van der Waals surface area contributed by atoms with Gasteiger partial charge in [-0.2, -0.15) is 5.21 Å². The second-order valence-corrected chi connectivity index (χ2v) is 3.51. The van der Waals surface area contributed by atoms with E-state index in [4.69, 9.17) is 10.2 Å². The molecule has 10 heteroatoms. The van der Waals surface area contributed by atoms with Gasteiger partial charge in [0.1, 0.15) is 6.04 Å². The Bertz CT molecular complexity index is 394. The average Bonchev–Trinajstić information content (AvgIpc) is 2.81. The van der Waals surface area contributed by atoms with Gasteiger partial charge in [-0.3, -0.25) is 0 Å². The van der Waals surface area contributed by atoms with Crippen molar-refractivity contribution in [2.24, 2.45) is 0 Å². The summed E-state index contributed by atoms with van der Waals surface area (Å²) in [6.45, 7) is 1.28. The zero-order chi connectivity index (χ0) is 13.5. The SMILES string of the molecule is CC(NC(=O)NC(CCO)C(=O)O)c1nn[nH]n1. The topological polar surface area (TPSA) is 153 Å². The fourth-order valence-corrected chi connectivity index (χ4v) is 1.20. The summed E-state index contributed by atoms with van der Waals surface area (Å²) in [7, 11) is 0. The van der Waals surface area contributed by atoms with Gasteiger partial charge in [0.2, 0.25) is 0 Å². The highest BCUT2D eigenvalue weighted by atomic mass is 16.4. The van der Waals surface area contributed by atoms with Crippen LogP contribution < -0.4 is 10.6 Å². The number of aliphatic hydroxyl groups is 1. The zero-order valence-electron chi connectivity index (χ0n) is 9.62. The van der Waals surface area contributed by atoms with E-state index < -0.39 is 24.1 Å². The molecule has 0 spiro atoms. The molecule has 100 valence electrons. The molecule has 0 aliphatic rings. The molecular weight excluding hydrogens is 244 g/mol. The lowest BCUT2D eigenvalue weighted by Crippen LogP contribution is -2.47. The third-order valence-corrected chi connectivity index (χ3v) is 2.12. The summed E-state index contributed by atoms with van der Waals surface area (Å²) in [6, 6.07) is -2.35. The van der Waals surface area contributed by atoms with Gasteiger partial charge in [-0.25, -0.2) is 9.59 Å². The lowest BCUT2D eigenvalue weighted by Gasteiger charge is -2.15. The number of amides is 2. The van der Waals surface area contributed by atoms with Crippen LogP contribution in [0.2, 0.25) is 0 Å². The van der Waals surface area contributed by atoms with Gasteiger partial charge >= 0.3 is 12.0 Å². The molecule has 1 heterocycles. The molecule has 2 amide bonds. The van der Waals surface area contributed by atoms with E-state index in [0.29, 0.717) is 0 Å². The third-order valence-electron chi connectivity index (χ3n) is 2.12. The Kier molecular flexibility index (Phi) is 4.99. The first-order valence-corrected chi connectivity index (χ1v) is 5.18. The molecule has 18 heavy (non-hydrogen) atoms. The van der Waals surface area contributed by atoms with Gasteiger partial charge in [0.25, 0.3) is 0 Å². The number of carboxylic acid groups (broad SMARTS) is 1. The predicted molar refractivity (Wildman–Crippen MR) is 57.4 cm³/mol. The second-order valence-electron chi connectivity index (χ2n) is 3.51. The predicted octanol–water partition coefficient (Wildman–Crippen LogP) is -1.60. The molecule has 0 radical (unpaired) electrons. The highest BCUT2D eigenvalue weighted by Crippen LogP contribution is 2.02. The van der Waals surface area contributed by atoms with Crippen LogP contribution >= 0.6 is 0 Å². The Morgan fingerprint density at radius 3 is 2.67 bits per heavy atom. The van der Waals surface area contributed by atoms with Gasteiger partial charge in [-0.05, 0) is 6.92 Å². The van der Waals surface area contributed by atoms with E-state index in [-0.39, 0.29) is 18.9 Å². The minimum atomic E-state index is -1.22. The maximum Gasteiger partial charge on any atom is 0.326 e. The number of aliphatic carboxylic acids is 1. The molecule has 0 aliphatic heterocycles. The van der Waals surface area contributed by atoms with Crippen molar-refractivity contribution >= 4 is 12.0 Å². The molecule has 0 fully saturated rings. The van der Waals surface area contributed by atoms with Gasteiger partial charge < -0.3 is 20.8 Å². The van der Waals surface area contributed by atoms with Crippen LogP contribution in [0.5, 0.6) is 0 Å². The molecule has 0 aromatic carbocycles. The Morgan fingerprint density at radius 2 is 2.17 bits per heavy atom. The molecule has 5 N–H and O–H groups in total. The highest BCUT2D eigenvalue weighted by Gasteiger charge is 2.21. The smallest absolute Gasteiger partial charge is 0.326 e. The van der Waals surface area contributed by atoms with E-state index in [1.165, 1.54) is 0 Å². The van der Waals surface area contributed by atoms with E-state index in [1.54, 1.807) is 6.92 Å². The summed E-state index contributed by atoms with van der Waals surface area (Å²) in [4.78, 5) is 22.2. The summed E-state index contributed by atoms with van der Waals surface area (Å²) in [5.74, 6) is -0.939. The minimum Gasteiger partial charge on any atom is -0.480 e. The molecule has 10 nitrogen and oxygen atoms in total. The fraction of sp³-hybridized carbons (Fsp3) is 0.625. The molecular formula is C8H14N6O4. The zero-order valence-corrected chi connectivity index (χ0v) is 9.62. The number of hydrogen-bond acceptors (Lipinski definition) is 6. The maximum atomic E-state index is 11.5. The number of carbonyl (C=O) groups is 2. The Morgan fingerprint density at radius 1 is 1.44 bits per heavy atom. The summed E-state index contributed by atoms with van der Waals surface area (Å²) in [5, 5.41) is 35.0. The van der Waals surface area contributed by atoms with Crippen LogP contribution in [0.15, 0.2) is 0 Å². The lowest BCUT2D eigenvalue weighted by molar-refractivity contribution is -0.139. The van der Waals surface area contributed by atoms with Crippen LogP contribution in [0.3, 0.4) is 0 Å². The summed E-state index contributed by atoms with van der Waals surface area (Å²) in [5.41, 5.74) is 0. The van der Waals surface area contributed by atoms with Crippen molar-refractivity contribution in [1.29, 1.82) is 0 Å². The van der Waals surface area contributed by atoms with Crippen molar-refractivity contribution in [2.75, 3.05) is 6.61 Å². The quantitative estimate of drug-likeness (QED) is 0.411. The van der Waals surface area contributed by atoms with Crippen LogP contribution in [0.4, 0.5) is 4.79 Å². The number of nitrogens with zero attached hydrogens (tertiary/aromatic N) is 3. The number of hydrogen-bond donors (Lipinski definition) is 5. The first-order chi connectivity index (χ1) is 8.54. The van der Waals surface area contributed by atoms with E-state index in [1.807, 2.05) is 0 Å². The molecule has 1 aromatic heterocycles. The molecule has 2 atom stereocenters. The van der Waals surface area contributed by atoms with Crippen LogP contribution in [0.1, 0.15) is 25.2 Å². The van der Waals surface area contributed by atoms with Crippen LogP contribution in [-0.4, -0.2) is 55.5 Å². The van der Waals surface area contributed by atoms with Crippen molar-refractivity contribution in [3.05, 3.63) is 5.82 Å². The van der Waals surface area contributed by atoms with Crippen LogP contribution in [0, 0.1) is 0 Å². The molecule has 1 aromatic rings. The maximum absolute atomic E-state index is 11.5. The third kappa shape index (κ3) is 3.97. The standard InChI is InChI=1S/C8H14N6O4/c1-4(6-11-13-14-12-6)9-8(18)10-5(2-3-15)7(16)17/h4-5,15H,2-3H2,1H3,(H,16,17)(H2,9,10,18)(H,11,12,13,14). The van der Waals surface area contributed by atoms with Gasteiger partial charge in [-0.1, -0.05) is 5.21 Å². The molecule has 1 rings (SSSR count). The summed E-state index contributed by atoms with van der Waals surface area (Å²) >= 11 is 0. The summed E-state index contributed by atoms with van der Waals surface area (Å²) < 4.78 is 0. The number of rotatable bonds is 6. The number of carbonyl (C=O) groups excluding carboxylic acids is 1. The number of aromatic amines is 1. The van der Waals surface area contributed by atoms with E-state index in [2.05, 4.69) is 31.3 Å². The Labute approximate surface area is 102 Å². The first-order valence-electron chi connectivity index (χ1n) is 5.18. The Balaban J connectivity index is 2.47. The number of H-pyrrole nitrogens is 1. The number of tetrazole rings is 1. The second kappa shape index (κ2) is 6.49. The van der Waals surface area contributed by atoms with E-state index >= 15 is 0 Å². The minimum absolute atomic E-state index is 0.0701. The van der Waals surface area contributed by atoms with E-state index in [0.717, 1.165) is 0 Å². The monoisotopic (exact) mass is 258 g/mol. The molecule has 0 bridgehead atoms. The number of nitrogens with one attached hydrogen (secondary N) is 3. The van der Waals surface area contributed by atoms with Crippen molar-refractivity contribution in [3.63, 3.8) is 0 Å². The number of urea groups is 1. The fourth-order valence-electron chi connectivity index (χ4n) is 1.20. The van der Waals surface area contributed by atoms with Gasteiger partial charge in [0.15, 0.2) is 5.82 Å². The van der Waals surface area contributed by atoms with Gasteiger partial charge in [0.05, 0.1) is 6.04 Å². The van der Waals surface area contributed by atoms with Crippen LogP contribution in [-0.2, 0) is 4.79 Å². The van der Waals surface area contributed by atoms with Gasteiger partial charge in [0, 0.05) is 13.0 Å². The first kappa shape index (κ1) is 13.8. The number of aromatic nitrogens is 4. The molecule has 0 saturated carbocycles. The summed E-state index contributed by atoms with van der Waals surface area (Å²) in [6.07, 6.45) is -0.0701. The van der Waals surface area contributed by atoms with Crippen LogP contribution in [0.25, 0.3) is 0 Å². The number of aliphatic hydroxyl groups excluding tert-OH is 1. The van der Waals surface area contributed by atoms with E-state index in [9.17, 15) is 9.59 Å². The van der Waals surface area contributed by atoms with Crippen molar-refractivity contribution < 1.29 is 19.8 Å². The van der Waals surface area contributed by atoms with Crippen molar-refractivity contribution in [3.8, 4) is 0 Å². The normalized spacial score (nSPS) is 13.7. The van der Waals surface area contributed by atoms with Crippen molar-refractivity contribution in [2.45, 2.75) is 25.4 Å². The molecule has 0 aliphatic carbocycles. The molecule has 2 unspecified atom stereocenters. The Hall–Kier alpha value is -2.23. The number of carboxylic acids is 1. The highest BCUT2D eigenvalue weighted by molar-refractivity contribution is 5.82. The van der Waals surface area contributed by atoms with Gasteiger partial charge in [-0.15, -0.1) is 10.2 Å². The molecule has 0 saturated heterocycles. The van der Waals surface area contributed by atoms with Crippen molar-refractivity contribution in [1.82, 2.24) is 31.3 Å². The largest absolute Gasteiger partial charge is 0.480 e.